The van der Waals surface area contributed by atoms with E-state index in [1.165, 1.54) is 263 Å². The molecule has 0 saturated carbocycles. The minimum absolute atomic E-state index is 0.966. The summed E-state index contributed by atoms with van der Waals surface area (Å²) in [6.07, 6.45) is 0. The second-order valence-electron chi connectivity index (χ2n) is 25.9. The Bertz CT molecular complexity index is 4280. The van der Waals surface area contributed by atoms with Crippen LogP contribution >= 0.6 is 0 Å². The molecule has 1 aliphatic rings. The van der Waals surface area contributed by atoms with Gasteiger partial charge in [-0.15, -0.1) is 60.1 Å². The predicted molar refractivity (Wildman–Crippen MR) is 458 cm³/mol. The highest BCUT2D eigenvalue weighted by molar-refractivity contribution is 6.86. The maximum atomic E-state index is 2.46. The van der Waals surface area contributed by atoms with Crippen LogP contribution in [0, 0.1) is 0 Å². The Hall–Kier alpha value is -4.23. The molecule has 0 atom stereocenters. The third-order valence-electron chi connectivity index (χ3n) is 23.3. The number of benzene rings is 9. The average molecular weight is 973 g/mol. The molecule has 10 rings (SSSR count). The number of fused-ring (bicyclic) bond motifs is 6. The Kier molecular flexibility index (Phi) is 14.5. The van der Waals surface area contributed by atoms with Crippen molar-refractivity contribution in [3.05, 3.63) is 0 Å². The van der Waals surface area contributed by atoms with E-state index in [-0.39, 0.29) is 0 Å². The lowest BCUT2D eigenvalue weighted by molar-refractivity contribution is 1.80. The van der Waals surface area contributed by atoms with Crippen LogP contribution < -0.4 is 175 Å². The van der Waals surface area contributed by atoms with Gasteiger partial charge in [0.15, 0.2) is 7.28 Å². The predicted octanol–water partition coefficient (Wildman–Crippen LogP) is -41.1. The Morgan fingerprint density at radius 2 is 0.304 bits per heavy atom. The van der Waals surface area contributed by atoms with E-state index >= 15 is 0 Å². The van der Waals surface area contributed by atoms with E-state index in [2.05, 4.69) is 235 Å². The van der Waals surface area contributed by atoms with Crippen molar-refractivity contribution in [3.8, 4) is 55.6 Å². The van der Waals surface area contributed by atoms with Gasteiger partial charge in [0, 0.05) is 0 Å². The molecule has 0 aromatic heterocycles. The van der Waals surface area contributed by atoms with Crippen LogP contribution in [-0.4, -0.2) is 243 Å². The summed E-state index contributed by atoms with van der Waals surface area (Å²) in [6, 6.07) is 0. The van der Waals surface area contributed by atoms with Crippen LogP contribution in [0.4, 0.5) is 0 Å². The first-order valence-corrected chi connectivity index (χ1v) is 29.7. The third kappa shape index (κ3) is 7.59. The zero-order chi connectivity index (χ0) is 58.4. The van der Waals surface area contributed by atoms with Crippen LogP contribution in [-0.2, 0) is 0 Å². The Labute approximate surface area is 501 Å². The third-order valence-corrected chi connectivity index (χ3v) is 23.3. The maximum Gasteiger partial charge on any atom is 0.192 e. The highest BCUT2D eigenvalue weighted by Gasteiger charge is 2.36. The van der Waals surface area contributed by atoms with Crippen LogP contribution in [0.2, 0.25) is 0 Å². The summed E-state index contributed by atoms with van der Waals surface area (Å²) in [4.78, 5) is 0. The standard InChI is InChI=1S/C48H61B31/c49-17-10-15(34(66)41(73)40(72)31(10)63)35(67)48-16(17)8-7(22(54)44(76)46(78)47(8)79-48)1-3-5(20(52)38(70)36(68)18(3)50)2(6-4(1)19(51)37(69)39(71)21(6)53)9-23(55)25(57)11(26(58)24(9)56)12-27(59)29(61)13(30(62)28(12)60)14-32(64)42(74)45(77)43(75)33(14)65/h79H,49-78H2. The van der Waals surface area contributed by atoms with E-state index in [1.54, 1.807) is 0 Å². The lowest BCUT2D eigenvalue weighted by Crippen LogP contribution is -2.57. The summed E-state index contributed by atoms with van der Waals surface area (Å²) < 4.78 is 0. The average Bonchev–Trinajstić information content (AvgIpc) is 4.04. The normalized spacial score (nSPS) is 11.9. The summed E-state index contributed by atoms with van der Waals surface area (Å²) in [7, 11) is 73.0. The topological polar surface area (TPSA) is 0 Å². The van der Waals surface area contributed by atoms with Gasteiger partial charge < -0.3 is 0 Å². The fourth-order valence-electron chi connectivity index (χ4n) is 16.3. The number of rotatable bonds is 4. The first kappa shape index (κ1) is 58.0. The quantitative estimate of drug-likeness (QED) is 0.122. The largest absolute Gasteiger partial charge is 0.192 e. The van der Waals surface area contributed by atoms with Crippen LogP contribution in [0.5, 0.6) is 0 Å². The summed E-state index contributed by atoms with van der Waals surface area (Å²) in [5.74, 6) is 0. The van der Waals surface area contributed by atoms with Crippen molar-refractivity contribution in [1.82, 2.24) is 0 Å². The summed E-state index contributed by atoms with van der Waals surface area (Å²) in [6.45, 7) is 0. The van der Waals surface area contributed by atoms with Crippen molar-refractivity contribution in [1.29, 1.82) is 0 Å². The molecule has 0 amide bonds. The van der Waals surface area contributed by atoms with Crippen LogP contribution in [0.15, 0.2) is 0 Å². The zero-order valence-electron chi connectivity index (χ0n) is 54.7. The maximum absolute atomic E-state index is 2.46. The Balaban J connectivity index is 1.40. The van der Waals surface area contributed by atoms with E-state index in [1.807, 2.05) is 0 Å². The molecule has 0 nitrogen and oxygen atoms in total. The van der Waals surface area contributed by atoms with Gasteiger partial charge in [0.05, 0.1) is 0 Å². The fraction of sp³-hybridized carbons (Fsp3) is 0. The lowest BCUT2D eigenvalue weighted by atomic mass is 9.54. The molecule has 9 aromatic rings. The summed E-state index contributed by atoms with van der Waals surface area (Å²) in [5, 5.41) is 8.66. The van der Waals surface area contributed by atoms with Gasteiger partial charge in [-0.1, -0.05) is 115 Å². The molecular formula is C48H61B31. The number of hydrogen-bond donors (Lipinski definition) is 0. The molecule has 1 aliphatic heterocycles. The van der Waals surface area contributed by atoms with Crippen molar-refractivity contribution in [2.75, 3.05) is 0 Å². The molecule has 0 radical (unpaired) electrons. The smallest absolute Gasteiger partial charge is 0.102 e. The van der Waals surface area contributed by atoms with Crippen LogP contribution in [0.3, 0.4) is 0 Å². The molecule has 9 aromatic carbocycles. The molecule has 31 heteroatoms. The van der Waals surface area contributed by atoms with Gasteiger partial charge in [-0.2, -0.15) is 0 Å². The van der Waals surface area contributed by atoms with Gasteiger partial charge in [-0.25, -0.2) is 0 Å². The highest BCUT2D eigenvalue weighted by atomic mass is 14.3. The molecule has 0 aliphatic carbocycles. The minimum atomic E-state index is 0.966. The molecular weight excluding hydrogens is 912 g/mol. The molecule has 0 fully saturated rings. The molecule has 0 spiro atoms. The van der Waals surface area contributed by atoms with E-state index in [0.29, 0.717) is 0 Å². The monoisotopic (exact) mass is 979 g/mol. The molecule has 0 N–H and O–H groups in total. The van der Waals surface area contributed by atoms with E-state index in [9.17, 15) is 0 Å². The van der Waals surface area contributed by atoms with Gasteiger partial charge in [0.25, 0.3) is 0 Å². The molecule has 1 heterocycles. The molecule has 0 unspecified atom stereocenters. The zero-order valence-corrected chi connectivity index (χ0v) is 54.7. The van der Waals surface area contributed by atoms with E-state index in [4.69, 9.17) is 0 Å². The fourth-order valence-corrected chi connectivity index (χ4v) is 16.3. The van der Waals surface area contributed by atoms with Crippen molar-refractivity contribution in [2.45, 2.75) is 0 Å². The summed E-state index contributed by atoms with van der Waals surface area (Å²) in [5.41, 5.74) is 59.8. The molecule has 0 saturated heterocycles. The highest BCUT2D eigenvalue weighted by Crippen LogP contribution is 2.42. The Morgan fingerprint density at radius 1 is 0.114 bits per heavy atom. The van der Waals surface area contributed by atoms with Crippen molar-refractivity contribution < 1.29 is 0 Å². The van der Waals surface area contributed by atoms with Crippen LogP contribution in [0.1, 0.15) is 0 Å². The Morgan fingerprint density at radius 3 is 0.620 bits per heavy atom. The lowest BCUT2D eigenvalue weighted by Gasteiger charge is -2.33. The SMILES string of the molecule is Bc1c(B)c(B)c(-c2c(B)c(B)c(-c3c(B)c(B)c(-c4c5c(B)c(B)c(B)c(B)c5c(-c5c(B)c(B)c(B)c6c5-c5c(c(B)c7c(B)c(B)c(B)c(B)c7c5B)B6)c5c(B)c(B)c(B)c(B)c45)c(B)c3B)c(B)c2B)c(B)c1B. The molecule has 79 heavy (non-hydrogen) atoms. The van der Waals surface area contributed by atoms with Crippen LogP contribution in [0.25, 0.3) is 88.0 Å². The molecule has 0 bridgehead atoms. The van der Waals surface area contributed by atoms with Gasteiger partial charge >= 0.3 is 0 Å². The minimum Gasteiger partial charge on any atom is -0.102 e. The van der Waals surface area contributed by atoms with Gasteiger partial charge in [-0.3, -0.25) is 0 Å². The molecule has 346 valence electrons. The summed E-state index contributed by atoms with van der Waals surface area (Å²) >= 11 is 0. The second-order valence-corrected chi connectivity index (χ2v) is 25.9. The van der Waals surface area contributed by atoms with Crippen molar-refractivity contribution in [2.24, 2.45) is 0 Å². The van der Waals surface area contributed by atoms with E-state index in [0.717, 1.165) is 7.28 Å². The van der Waals surface area contributed by atoms with Gasteiger partial charge in [-0.05, 0) is 88.0 Å². The first-order chi connectivity index (χ1) is 36.8. The van der Waals surface area contributed by atoms with Crippen molar-refractivity contribution in [3.63, 3.8) is 0 Å². The van der Waals surface area contributed by atoms with Gasteiger partial charge in [0.1, 0.15) is 235 Å². The first-order valence-electron chi connectivity index (χ1n) is 29.7. The van der Waals surface area contributed by atoms with E-state index < -0.39 is 0 Å². The number of hydrogen-bond acceptors (Lipinski definition) is 0. The van der Waals surface area contributed by atoms with Gasteiger partial charge in [0.2, 0.25) is 0 Å². The van der Waals surface area contributed by atoms with Crippen molar-refractivity contribution >= 4 is 450 Å². The second kappa shape index (κ2) is 19.7.